The molecule has 5 rings (SSSR count). The van der Waals surface area contributed by atoms with Crippen LogP contribution in [-0.4, -0.2) is 37.2 Å². The molecule has 0 bridgehead atoms. The molecule has 33 heavy (non-hydrogen) atoms. The molecular formula is C25H28FN5O2. The Morgan fingerprint density at radius 1 is 1.09 bits per heavy atom. The molecule has 1 aliphatic heterocycles. The lowest BCUT2D eigenvalue weighted by molar-refractivity contribution is 0.234. The molecule has 0 spiro atoms. The molecule has 2 aliphatic rings. The molecule has 3 heterocycles. The zero-order chi connectivity index (χ0) is 22.6. The van der Waals surface area contributed by atoms with Gasteiger partial charge in [0, 0.05) is 56.6 Å². The van der Waals surface area contributed by atoms with E-state index in [1.54, 1.807) is 12.5 Å². The first-order chi connectivity index (χ1) is 16.2. The Labute approximate surface area is 192 Å². The standard InChI is InChI=1S/C25H28FN5O2/c26-19-4-6-20(7-5-19)30-11-13-31(14-12-30)24-16-18(8-10-27-24)17-28-25(32)29-22-2-1-3-23-21(22)9-15-33-23/h4-10,15-16,22H,1-3,11-14,17H2,(H2,28,29,32). The monoisotopic (exact) mass is 449 g/mol. The molecule has 0 saturated carbocycles. The predicted octanol–water partition coefficient (Wildman–Crippen LogP) is 4.02. The molecule has 1 atom stereocenters. The third kappa shape index (κ3) is 4.94. The van der Waals surface area contributed by atoms with Gasteiger partial charge in [-0.3, -0.25) is 0 Å². The number of amides is 2. The van der Waals surface area contributed by atoms with Crippen molar-refractivity contribution in [3.8, 4) is 0 Å². The number of carbonyl (C=O) groups is 1. The number of furan rings is 1. The van der Waals surface area contributed by atoms with Gasteiger partial charge in [-0.1, -0.05) is 0 Å². The number of hydrogen-bond acceptors (Lipinski definition) is 5. The lowest BCUT2D eigenvalue weighted by Gasteiger charge is -2.36. The van der Waals surface area contributed by atoms with Crippen molar-refractivity contribution in [2.24, 2.45) is 0 Å². The summed E-state index contributed by atoms with van der Waals surface area (Å²) in [6.07, 6.45) is 6.34. The number of nitrogens with one attached hydrogen (secondary N) is 2. The summed E-state index contributed by atoms with van der Waals surface area (Å²) in [6, 6.07) is 12.4. The van der Waals surface area contributed by atoms with Gasteiger partial charge >= 0.3 is 6.03 Å². The van der Waals surface area contributed by atoms with Crippen LogP contribution in [0, 0.1) is 5.82 Å². The molecule has 172 valence electrons. The van der Waals surface area contributed by atoms with Crippen molar-refractivity contribution >= 4 is 17.5 Å². The lowest BCUT2D eigenvalue weighted by Crippen LogP contribution is -2.46. The van der Waals surface area contributed by atoms with Gasteiger partial charge in [0.05, 0.1) is 12.3 Å². The van der Waals surface area contributed by atoms with Gasteiger partial charge in [-0.2, -0.15) is 0 Å². The minimum Gasteiger partial charge on any atom is -0.469 e. The normalized spacial score (nSPS) is 18.0. The summed E-state index contributed by atoms with van der Waals surface area (Å²) in [6.45, 7) is 3.78. The topological polar surface area (TPSA) is 73.6 Å². The number of hydrogen-bond donors (Lipinski definition) is 2. The van der Waals surface area contributed by atoms with Gasteiger partial charge < -0.3 is 24.9 Å². The fraction of sp³-hybridized carbons (Fsp3) is 0.360. The number of halogens is 1. The largest absolute Gasteiger partial charge is 0.469 e. The molecule has 1 aliphatic carbocycles. The van der Waals surface area contributed by atoms with Crippen molar-refractivity contribution in [1.29, 1.82) is 0 Å². The number of urea groups is 1. The van der Waals surface area contributed by atoms with Crippen LogP contribution in [0.4, 0.5) is 20.7 Å². The molecule has 3 aromatic rings. The summed E-state index contributed by atoms with van der Waals surface area (Å²) in [5, 5.41) is 6.03. The maximum atomic E-state index is 13.2. The van der Waals surface area contributed by atoms with E-state index in [2.05, 4.69) is 25.4 Å². The Kier molecular flexibility index (Phi) is 6.15. The highest BCUT2D eigenvalue weighted by atomic mass is 19.1. The van der Waals surface area contributed by atoms with Gasteiger partial charge in [0.2, 0.25) is 0 Å². The number of anilines is 2. The lowest BCUT2D eigenvalue weighted by atomic mass is 9.93. The van der Waals surface area contributed by atoms with E-state index >= 15 is 0 Å². The van der Waals surface area contributed by atoms with Gasteiger partial charge in [0.25, 0.3) is 0 Å². The Hall–Kier alpha value is -3.55. The number of carbonyl (C=O) groups excluding carboxylic acids is 1. The number of nitrogens with zero attached hydrogens (tertiary/aromatic N) is 3. The first kappa shape index (κ1) is 21.3. The van der Waals surface area contributed by atoms with E-state index in [1.165, 1.54) is 12.1 Å². The fourth-order valence-electron chi connectivity index (χ4n) is 4.62. The van der Waals surface area contributed by atoms with Gasteiger partial charge in [0.1, 0.15) is 17.4 Å². The van der Waals surface area contributed by atoms with Crippen molar-refractivity contribution in [3.05, 3.63) is 77.6 Å². The first-order valence-corrected chi connectivity index (χ1v) is 11.5. The second-order valence-corrected chi connectivity index (χ2v) is 8.54. The summed E-state index contributed by atoms with van der Waals surface area (Å²) in [4.78, 5) is 21.5. The predicted molar refractivity (Wildman–Crippen MR) is 125 cm³/mol. The molecule has 2 N–H and O–H groups in total. The van der Waals surface area contributed by atoms with E-state index in [4.69, 9.17) is 4.42 Å². The van der Waals surface area contributed by atoms with Crippen LogP contribution in [0.5, 0.6) is 0 Å². The van der Waals surface area contributed by atoms with Crippen molar-refractivity contribution in [2.75, 3.05) is 36.0 Å². The molecule has 2 amide bonds. The van der Waals surface area contributed by atoms with Gasteiger partial charge in [-0.25, -0.2) is 14.2 Å². The minimum atomic E-state index is -0.217. The van der Waals surface area contributed by atoms with Crippen LogP contribution in [0.1, 0.15) is 35.8 Å². The van der Waals surface area contributed by atoms with Crippen molar-refractivity contribution in [3.63, 3.8) is 0 Å². The molecule has 1 fully saturated rings. The van der Waals surface area contributed by atoms with Crippen LogP contribution < -0.4 is 20.4 Å². The molecular weight excluding hydrogens is 421 g/mol. The van der Waals surface area contributed by atoms with Gasteiger partial charge in [-0.05, 0) is 60.9 Å². The summed E-state index contributed by atoms with van der Waals surface area (Å²) < 4.78 is 18.7. The van der Waals surface area contributed by atoms with Crippen LogP contribution in [0.15, 0.2) is 59.3 Å². The van der Waals surface area contributed by atoms with E-state index < -0.39 is 0 Å². The number of piperazine rings is 1. The molecule has 1 saturated heterocycles. The summed E-state index contributed by atoms with van der Waals surface area (Å²) in [7, 11) is 0. The molecule has 0 radical (unpaired) electrons. The molecule has 8 heteroatoms. The maximum absolute atomic E-state index is 13.2. The average molecular weight is 450 g/mol. The summed E-state index contributed by atoms with van der Waals surface area (Å²) in [5.74, 6) is 1.67. The van der Waals surface area contributed by atoms with Gasteiger partial charge in [0.15, 0.2) is 0 Å². The summed E-state index contributed by atoms with van der Waals surface area (Å²) >= 11 is 0. The van der Waals surface area contributed by atoms with Crippen molar-refractivity contribution in [1.82, 2.24) is 15.6 Å². The Morgan fingerprint density at radius 3 is 2.70 bits per heavy atom. The van der Waals surface area contributed by atoms with E-state index in [-0.39, 0.29) is 17.9 Å². The molecule has 1 unspecified atom stereocenters. The number of rotatable bonds is 5. The van der Waals surface area contributed by atoms with Crippen molar-refractivity contribution in [2.45, 2.75) is 31.8 Å². The Morgan fingerprint density at radius 2 is 1.88 bits per heavy atom. The fourth-order valence-corrected chi connectivity index (χ4v) is 4.62. The second kappa shape index (κ2) is 9.52. The smallest absolute Gasteiger partial charge is 0.315 e. The third-order valence-electron chi connectivity index (χ3n) is 6.42. The van der Waals surface area contributed by atoms with Crippen molar-refractivity contribution < 1.29 is 13.6 Å². The Bertz CT molecular complexity index is 1090. The minimum absolute atomic E-state index is 0.00194. The second-order valence-electron chi connectivity index (χ2n) is 8.54. The highest BCUT2D eigenvalue weighted by Crippen LogP contribution is 2.30. The van der Waals surface area contributed by atoms with Crippen LogP contribution >= 0.6 is 0 Å². The number of aryl methyl sites for hydroxylation is 1. The molecule has 7 nitrogen and oxygen atoms in total. The number of aromatic nitrogens is 1. The zero-order valence-electron chi connectivity index (χ0n) is 18.5. The van der Waals surface area contributed by atoms with E-state index in [0.29, 0.717) is 6.54 Å². The van der Waals surface area contributed by atoms with E-state index in [1.807, 2.05) is 30.3 Å². The summed E-state index contributed by atoms with van der Waals surface area (Å²) in [5.41, 5.74) is 3.12. The van der Waals surface area contributed by atoms with E-state index in [0.717, 1.165) is 73.8 Å². The quantitative estimate of drug-likeness (QED) is 0.616. The highest BCUT2D eigenvalue weighted by Gasteiger charge is 2.24. The third-order valence-corrected chi connectivity index (χ3v) is 6.42. The number of pyridine rings is 1. The SMILES string of the molecule is O=C(NCc1ccnc(N2CCN(c3ccc(F)cc3)CC2)c1)NC1CCCc2occc21. The van der Waals surface area contributed by atoms with Crippen LogP contribution in [0.2, 0.25) is 0 Å². The number of fused-ring (bicyclic) bond motifs is 1. The Balaban J connectivity index is 1.13. The maximum Gasteiger partial charge on any atom is 0.315 e. The molecule has 1 aromatic carbocycles. The van der Waals surface area contributed by atoms with Crippen LogP contribution in [0.25, 0.3) is 0 Å². The number of benzene rings is 1. The zero-order valence-corrected chi connectivity index (χ0v) is 18.5. The van der Waals surface area contributed by atoms with Crippen LogP contribution in [-0.2, 0) is 13.0 Å². The van der Waals surface area contributed by atoms with E-state index in [9.17, 15) is 9.18 Å². The van der Waals surface area contributed by atoms with Gasteiger partial charge in [-0.15, -0.1) is 0 Å². The molecule has 2 aromatic heterocycles. The highest BCUT2D eigenvalue weighted by molar-refractivity contribution is 5.74. The van der Waals surface area contributed by atoms with Crippen LogP contribution in [0.3, 0.4) is 0 Å². The first-order valence-electron chi connectivity index (χ1n) is 11.5. The average Bonchev–Trinajstić information content (AvgIpc) is 3.34.